The van der Waals surface area contributed by atoms with Gasteiger partial charge in [0.15, 0.2) is 0 Å². The molecular formula is C21H32N2O2. The summed E-state index contributed by atoms with van der Waals surface area (Å²) in [6.45, 7) is 7.84. The fourth-order valence-electron chi connectivity index (χ4n) is 3.93. The number of carbonyl (C=O) groups is 1. The number of fused-ring (bicyclic) bond motifs is 3. The quantitative estimate of drug-likeness (QED) is 0.856. The number of ether oxygens (including phenoxy) is 1. The number of esters is 1. The Morgan fingerprint density at radius 3 is 2.28 bits per heavy atom. The van der Waals surface area contributed by atoms with E-state index >= 15 is 0 Å². The molecule has 0 radical (unpaired) electrons. The summed E-state index contributed by atoms with van der Waals surface area (Å²) in [7, 11) is 0. The van der Waals surface area contributed by atoms with Crippen molar-refractivity contribution in [1.29, 1.82) is 0 Å². The van der Waals surface area contributed by atoms with E-state index in [2.05, 4.69) is 17.1 Å². The summed E-state index contributed by atoms with van der Waals surface area (Å²) >= 11 is 0. The smallest absolute Gasteiger partial charge is 0.310 e. The van der Waals surface area contributed by atoms with E-state index in [4.69, 9.17) is 4.74 Å². The molecule has 4 nitrogen and oxygen atoms in total. The van der Waals surface area contributed by atoms with E-state index in [-0.39, 0.29) is 12.1 Å². The van der Waals surface area contributed by atoms with Crippen LogP contribution in [0.4, 0.5) is 0 Å². The molecule has 5 rings (SSSR count). The number of hydrogen-bond donors (Lipinski definition) is 1. The number of piperidine rings is 4. The van der Waals surface area contributed by atoms with Gasteiger partial charge in [-0.25, -0.2) is 0 Å². The lowest BCUT2D eigenvalue weighted by Gasteiger charge is -2.43. The third-order valence-corrected chi connectivity index (χ3v) is 5.56. The molecular weight excluding hydrogens is 312 g/mol. The molecule has 4 heterocycles. The van der Waals surface area contributed by atoms with Crippen LogP contribution in [0.5, 0.6) is 0 Å². The minimum absolute atomic E-state index is 0.0809. The molecule has 0 spiro atoms. The zero-order valence-electron chi connectivity index (χ0n) is 15.5. The minimum atomic E-state index is -0.0809. The summed E-state index contributed by atoms with van der Waals surface area (Å²) in [6, 6.07) is 8.09. The van der Waals surface area contributed by atoms with Gasteiger partial charge in [0.2, 0.25) is 0 Å². The average molecular weight is 344 g/mol. The van der Waals surface area contributed by atoms with E-state index < -0.39 is 0 Å². The maximum absolute atomic E-state index is 12.0. The van der Waals surface area contributed by atoms with Crippen molar-refractivity contribution < 1.29 is 9.53 Å². The van der Waals surface area contributed by atoms with Gasteiger partial charge in [-0.1, -0.05) is 36.2 Å². The van der Waals surface area contributed by atoms with Gasteiger partial charge < -0.3 is 10.1 Å². The standard InChI is InChI=1S/C16H21NO2.C5H11N/c1-12-2-4-13(5-3-12)10-16(18)19-15-11-17-8-6-14(15)7-9-17;1-2-4-6-5-3-1/h2-5,14-15H,6-11H2,1H3;6H,1-5H2/t15-;/m0./s1. The van der Waals surface area contributed by atoms with Crippen molar-refractivity contribution in [3.63, 3.8) is 0 Å². The van der Waals surface area contributed by atoms with Crippen LogP contribution in [0, 0.1) is 12.8 Å². The lowest BCUT2D eigenvalue weighted by Crippen LogP contribution is -2.52. The van der Waals surface area contributed by atoms with E-state index in [9.17, 15) is 4.79 Å². The van der Waals surface area contributed by atoms with Gasteiger partial charge >= 0.3 is 5.97 Å². The van der Waals surface area contributed by atoms with Crippen LogP contribution in [0.3, 0.4) is 0 Å². The number of nitrogens with one attached hydrogen (secondary N) is 1. The first-order valence-corrected chi connectivity index (χ1v) is 9.89. The summed E-state index contributed by atoms with van der Waals surface area (Å²) in [4.78, 5) is 14.4. The van der Waals surface area contributed by atoms with Crippen molar-refractivity contribution >= 4 is 5.97 Å². The van der Waals surface area contributed by atoms with E-state index in [1.165, 1.54) is 63.8 Å². The molecule has 25 heavy (non-hydrogen) atoms. The second-order valence-electron chi connectivity index (χ2n) is 7.64. The average Bonchev–Trinajstić information content (AvgIpc) is 2.66. The fraction of sp³-hybridized carbons (Fsp3) is 0.667. The van der Waals surface area contributed by atoms with Crippen LogP contribution < -0.4 is 5.32 Å². The first kappa shape index (κ1) is 18.4. The lowest BCUT2D eigenvalue weighted by atomic mass is 9.86. The van der Waals surface area contributed by atoms with Gasteiger partial charge in [0.05, 0.1) is 6.42 Å². The van der Waals surface area contributed by atoms with E-state index in [0.717, 1.165) is 12.1 Å². The van der Waals surface area contributed by atoms with Crippen LogP contribution in [-0.4, -0.2) is 49.7 Å². The molecule has 1 atom stereocenters. The zero-order chi connectivity index (χ0) is 17.5. The molecule has 0 aliphatic carbocycles. The molecule has 0 amide bonds. The molecule has 1 aromatic carbocycles. The Labute approximate surface area is 151 Å². The number of nitrogens with zero attached hydrogens (tertiary/aromatic N) is 1. The molecule has 4 saturated heterocycles. The van der Waals surface area contributed by atoms with Crippen LogP contribution in [-0.2, 0) is 16.0 Å². The number of carbonyl (C=O) groups excluding carboxylic acids is 1. The molecule has 2 bridgehead atoms. The van der Waals surface area contributed by atoms with Gasteiger partial charge in [0.25, 0.3) is 0 Å². The van der Waals surface area contributed by atoms with Crippen LogP contribution in [0.1, 0.15) is 43.2 Å². The van der Waals surface area contributed by atoms with Gasteiger partial charge in [-0.05, 0) is 70.3 Å². The third-order valence-electron chi connectivity index (χ3n) is 5.56. The van der Waals surface area contributed by atoms with Crippen molar-refractivity contribution in [2.24, 2.45) is 5.92 Å². The Kier molecular flexibility index (Phi) is 6.88. The van der Waals surface area contributed by atoms with Gasteiger partial charge in [0, 0.05) is 6.54 Å². The first-order chi connectivity index (χ1) is 12.2. The van der Waals surface area contributed by atoms with Crippen molar-refractivity contribution in [2.45, 2.75) is 51.6 Å². The molecule has 4 heteroatoms. The largest absolute Gasteiger partial charge is 0.460 e. The molecule has 4 fully saturated rings. The maximum Gasteiger partial charge on any atom is 0.310 e. The summed E-state index contributed by atoms with van der Waals surface area (Å²) in [6.07, 6.45) is 7.10. The molecule has 1 N–H and O–H groups in total. The highest BCUT2D eigenvalue weighted by molar-refractivity contribution is 5.72. The number of hydrogen-bond acceptors (Lipinski definition) is 4. The van der Waals surface area contributed by atoms with E-state index in [0.29, 0.717) is 12.3 Å². The van der Waals surface area contributed by atoms with Crippen molar-refractivity contribution in [2.75, 3.05) is 32.7 Å². The number of benzene rings is 1. The molecule has 4 aliphatic rings. The van der Waals surface area contributed by atoms with Crippen LogP contribution in [0.15, 0.2) is 24.3 Å². The SMILES string of the molecule is C1CCNCC1.Cc1ccc(CC(=O)O[C@H]2CN3CCC2CC3)cc1. The van der Waals surface area contributed by atoms with Crippen molar-refractivity contribution in [1.82, 2.24) is 10.2 Å². The predicted molar refractivity (Wildman–Crippen MR) is 101 cm³/mol. The molecule has 4 aliphatic heterocycles. The maximum atomic E-state index is 12.0. The molecule has 138 valence electrons. The number of aryl methyl sites for hydroxylation is 1. The Bertz CT molecular complexity index is 520. The topological polar surface area (TPSA) is 41.6 Å². The minimum Gasteiger partial charge on any atom is -0.460 e. The van der Waals surface area contributed by atoms with Crippen molar-refractivity contribution in [3.05, 3.63) is 35.4 Å². The van der Waals surface area contributed by atoms with Crippen LogP contribution in [0.25, 0.3) is 0 Å². The summed E-state index contributed by atoms with van der Waals surface area (Å²) in [5.74, 6) is 0.509. The summed E-state index contributed by atoms with van der Waals surface area (Å²) in [5, 5.41) is 3.28. The summed E-state index contributed by atoms with van der Waals surface area (Å²) in [5.41, 5.74) is 2.26. The first-order valence-electron chi connectivity index (χ1n) is 9.89. The monoisotopic (exact) mass is 344 g/mol. The normalized spacial score (nSPS) is 28.0. The Morgan fingerprint density at radius 1 is 1.12 bits per heavy atom. The van der Waals surface area contributed by atoms with Gasteiger partial charge in [-0.15, -0.1) is 0 Å². The highest BCUT2D eigenvalue weighted by Crippen LogP contribution is 2.29. The van der Waals surface area contributed by atoms with E-state index in [1.54, 1.807) is 0 Å². The molecule has 0 unspecified atom stereocenters. The number of rotatable bonds is 3. The predicted octanol–water partition coefficient (Wildman–Crippen LogP) is 2.93. The highest BCUT2D eigenvalue weighted by Gasteiger charge is 2.36. The third kappa shape index (κ3) is 5.82. The lowest BCUT2D eigenvalue weighted by molar-refractivity contribution is -0.157. The van der Waals surface area contributed by atoms with E-state index in [1.807, 2.05) is 24.3 Å². The fourth-order valence-corrected chi connectivity index (χ4v) is 3.93. The summed E-state index contributed by atoms with van der Waals surface area (Å²) < 4.78 is 5.68. The second kappa shape index (κ2) is 9.35. The highest BCUT2D eigenvalue weighted by atomic mass is 16.5. The Hall–Kier alpha value is -1.39. The van der Waals surface area contributed by atoms with Gasteiger partial charge in [0.1, 0.15) is 6.10 Å². The second-order valence-corrected chi connectivity index (χ2v) is 7.64. The molecule has 0 aromatic heterocycles. The van der Waals surface area contributed by atoms with Crippen molar-refractivity contribution in [3.8, 4) is 0 Å². The van der Waals surface area contributed by atoms with Gasteiger partial charge in [-0.2, -0.15) is 0 Å². The zero-order valence-corrected chi connectivity index (χ0v) is 15.5. The van der Waals surface area contributed by atoms with Crippen LogP contribution >= 0.6 is 0 Å². The Balaban J connectivity index is 0.000000258. The Morgan fingerprint density at radius 2 is 1.80 bits per heavy atom. The molecule has 1 aromatic rings. The van der Waals surface area contributed by atoms with Crippen LogP contribution in [0.2, 0.25) is 0 Å². The molecule has 0 saturated carbocycles. The van der Waals surface area contributed by atoms with Gasteiger partial charge in [-0.3, -0.25) is 9.69 Å².